The van der Waals surface area contributed by atoms with E-state index in [1.54, 1.807) is 24.3 Å². The topological polar surface area (TPSA) is 120 Å². The minimum Gasteiger partial charge on any atom is -0.787 e. The number of alkyl carbamates (subject to hydrolysis) is 1. The third-order valence-corrected chi connectivity index (χ3v) is 4.80. The van der Waals surface area contributed by atoms with Gasteiger partial charge in [-0.05, 0) is 24.8 Å². The Bertz CT molecular complexity index is 630. The number of ether oxygens (including phenoxy) is 1. The summed E-state index contributed by atoms with van der Waals surface area (Å²) in [6.45, 7) is 6.03. The largest absolute Gasteiger partial charge is 1.00 e. The van der Waals surface area contributed by atoms with Crippen molar-refractivity contribution in [2.24, 2.45) is 5.92 Å². The molecule has 27 heavy (non-hydrogen) atoms. The maximum atomic E-state index is 12.0. The van der Waals surface area contributed by atoms with Crippen LogP contribution in [0.15, 0.2) is 30.3 Å². The standard InChI is InChI=1S/C17H28N3O5P.Li/c1-13(2)9-10-18-16(21)14(3)20-26(23,24)12-19-17(22)25-11-15-7-5-4-6-8-15;/h4-8,13-14H,9-12H2,1-3H3,(H,18,21)(H,19,22)(H2,20,23,24);/q;+1/p-1/t14-;/m0./s1. The van der Waals surface area contributed by atoms with Crippen LogP contribution in [0.1, 0.15) is 32.8 Å². The van der Waals surface area contributed by atoms with E-state index in [-0.39, 0.29) is 25.5 Å². The second-order valence-corrected chi connectivity index (χ2v) is 8.32. The van der Waals surface area contributed by atoms with Gasteiger partial charge in [-0.2, -0.15) is 0 Å². The van der Waals surface area contributed by atoms with Gasteiger partial charge >= 0.3 is 25.0 Å². The smallest absolute Gasteiger partial charge is 0.787 e. The van der Waals surface area contributed by atoms with Gasteiger partial charge in [-0.25, -0.2) is 4.79 Å². The minimum atomic E-state index is -4.18. The molecule has 1 unspecified atom stereocenters. The molecule has 2 amide bonds. The van der Waals surface area contributed by atoms with Crippen molar-refractivity contribution in [3.8, 4) is 0 Å². The summed E-state index contributed by atoms with van der Waals surface area (Å²) in [5, 5.41) is 7.07. The van der Waals surface area contributed by atoms with E-state index >= 15 is 0 Å². The van der Waals surface area contributed by atoms with Crippen molar-refractivity contribution < 1.29 is 42.6 Å². The van der Waals surface area contributed by atoms with Crippen molar-refractivity contribution >= 4 is 19.5 Å². The maximum absolute atomic E-state index is 12.0. The van der Waals surface area contributed by atoms with Crippen LogP contribution in [0.25, 0.3) is 0 Å². The molecule has 0 aromatic heterocycles. The first-order valence-electron chi connectivity index (χ1n) is 8.50. The normalized spacial score (nSPS) is 13.8. The number of nitrogens with one attached hydrogen (secondary N) is 3. The number of rotatable bonds is 10. The Morgan fingerprint density at radius 1 is 1.15 bits per heavy atom. The summed E-state index contributed by atoms with van der Waals surface area (Å²) < 4.78 is 16.9. The van der Waals surface area contributed by atoms with Crippen LogP contribution < -0.4 is 39.5 Å². The van der Waals surface area contributed by atoms with Crippen LogP contribution in [0, 0.1) is 5.92 Å². The zero-order chi connectivity index (χ0) is 19.6. The first kappa shape index (κ1) is 25.7. The maximum Gasteiger partial charge on any atom is 1.00 e. The fourth-order valence-electron chi connectivity index (χ4n) is 1.98. The Morgan fingerprint density at radius 3 is 2.37 bits per heavy atom. The predicted molar refractivity (Wildman–Crippen MR) is 97.3 cm³/mol. The summed E-state index contributed by atoms with van der Waals surface area (Å²) in [7, 11) is -4.18. The van der Waals surface area contributed by atoms with E-state index in [0.29, 0.717) is 12.5 Å². The average Bonchev–Trinajstić information content (AvgIpc) is 2.58. The molecule has 1 rings (SSSR count). The van der Waals surface area contributed by atoms with E-state index in [0.717, 1.165) is 12.0 Å². The first-order chi connectivity index (χ1) is 12.2. The monoisotopic (exact) mass is 391 g/mol. The van der Waals surface area contributed by atoms with Crippen molar-refractivity contribution in [3.63, 3.8) is 0 Å². The molecule has 146 valence electrons. The molecule has 8 nitrogen and oxygen atoms in total. The molecule has 0 saturated carbocycles. The summed E-state index contributed by atoms with van der Waals surface area (Å²) in [5.74, 6) is 0.0312. The van der Waals surface area contributed by atoms with Crippen molar-refractivity contribution in [1.29, 1.82) is 0 Å². The summed E-state index contributed by atoms with van der Waals surface area (Å²) in [5.41, 5.74) is 0.790. The quantitative estimate of drug-likeness (QED) is 0.332. The van der Waals surface area contributed by atoms with Gasteiger partial charge in [0, 0.05) is 6.54 Å². The Balaban J connectivity index is 0.00000676. The van der Waals surface area contributed by atoms with Crippen molar-refractivity contribution in [3.05, 3.63) is 35.9 Å². The molecule has 1 aromatic carbocycles. The molecule has 0 fully saturated rings. The second kappa shape index (κ2) is 13.0. The van der Waals surface area contributed by atoms with Crippen LogP contribution in [0.2, 0.25) is 0 Å². The zero-order valence-corrected chi connectivity index (χ0v) is 17.3. The van der Waals surface area contributed by atoms with Gasteiger partial charge in [0.2, 0.25) is 5.91 Å². The van der Waals surface area contributed by atoms with Gasteiger partial charge in [0.1, 0.15) is 6.61 Å². The molecule has 0 aliphatic heterocycles. The SMILES string of the molecule is CC(C)CCNC(=O)[C@H](C)NP(=O)([O-])CNC(=O)OCc1ccccc1.[Li+]. The van der Waals surface area contributed by atoms with Crippen molar-refractivity contribution in [2.45, 2.75) is 39.8 Å². The van der Waals surface area contributed by atoms with Gasteiger partial charge in [0.25, 0.3) is 0 Å². The molecule has 3 N–H and O–H groups in total. The third kappa shape index (κ3) is 11.9. The average molecular weight is 391 g/mol. The van der Waals surface area contributed by atoms with Crippen molar-refractivity contribution in [2.75, 3.05) is 12.8 Å². The Hall–Kier alpha value is -1.29. The van der Waals surface area contributed by atoms with Gasteiger partial charge in [-0.1, -0.05) is 44.2 Å². The molecule has 0 radical (unpaired) electrons. The second-order valence-electron chi connectivity index (χ2n) is 6.39. The summed E-state index contributed by atoms with van der Waals surface area (Å²) in [4.78, 5) is 35.4. The summed E-state index contributed by atoms with van der Waals surface area (Å²) in [6.07, 6.45) is -0.687. The van der Waals surface area contributed by atoms with Gasteiger partial charge in [-0.3, -0.25) is 9.88 Å². The van der Waals surface area contributed by atoms with Gasteiger partial charge in [0.15, 0.2) is 0 Å². The zero-order valence-electron chi connectivity index (χ0n) is 16.4. The van der Waals surface area contributed by atoms with Gasteiger partial charge in [0.05, 0.1) is 19.8 Å². The first-order valence-corrected chi connectivity index (χ1v) is 10.3. The molecule has 0 bridgehead atoms. The van der Waals surface area contributed by atoms with Crippen LogP contribution in [-0.4, -0.2) is 30.9 Å². The van der Waals surface area contributed by atoms with Gasteiger partial charge < -0.3 is 24.8 Å². The number of carbonyl (C=O) groups excluding carboxylic acids is 2. The molecule has 0 aliphatic carbocycles. The van der Waals surface area contributed by atoms with Gasteiger partial charge in [-0.15, -0.1) is 0 Å². The Morgan fingerprint density at radius 2 is 1.78 bits per heavy atom. The number of carbonyl (C=O) groups is 2. The summed E-state index contributed by atoms with van der Waals surface area (Å²) >= 11 is 0. The van der Waals surface area contributed by atoms with E-state index in [1.807, 2.05) is 19.9 Å². The van der Waals surface area contributed by atoms with E-state index in [9.17, 15) is 19.0 Å². The van der Waals surface area contributed by atoms with Crippen molar-refractivity contribution in [1.82, 2.24) is 15.7 Å². The number of amides is 2. The molecule has 0 aliphatic rings. The summed E-state index contributed by atoms with van der Waals surface area (Å²) in [6, 6.07) is 8.09. The minimum absolute atomic E-state index is 0. The van der Waals surface area contributed by atoms with Crippen LogP contribution in [0.4, 0.5) is 4.79 Å². The van der Waals surface area contributed by atoms with Crippen LogP contribution in [0.5, 0.6) is 0 Å². The molecule has 1 aromatic rings. The van der Waals surface area contributed by atoms with E-state index in [1.165, 1.54) is 6.92 Å². The third-order valence-electron chi connectivity index (χ3n) is 3.45. The van der Waals surface area contributed by atoms with Crippen LogP contribution in [-0.2, 0) is 20.7 Å². The molecule has 0 heterocycles. The fraction of sp³-hybridized carbons (Fsp3) is 0.529. The molecular formula is C17H27LiN3O5P. The number of hydrogen-bond acceptors (Lipinski definition) is 5. The van der Waals surface area contributed by atoms with E-state index in [2.05, 4.69) is 15.7 Å². The molecule has 2 atom stereocenters. The molecule has 0 spiro atoms. The molecule has 0 saturated heterocycles. The Labute approximate surface area is 172 Å². The molecule has 10 heteroatoms. The van der Waals surface area contributed by atoms with E-state index in [4.69, 9.17) is 4.74 Å². The Kier molecular flexibility index (Phi) is 12.4. The number of benzene rings is 1. The predicted octanol–water partition coefficient (Wildman–Crippen LogP) is -1.43. The van der Waals surface area contributed by atoms with Crippen LogP contribution >= 0.6 is 7.52 Å². The van der Waals surface area contributed by atoms with Crippen LogP contribution in [0.3, 0.4) is 0 Å². The van der Waals surface area contributed by atoms with E-state index < -0.39 is 31.8 Å². The molecular weight excluding hydrogens is 364 g/mol. The fourth-order valence-corrected chi connectivity index (χ4v) is 3.12. The number of hydrogen-bond donors (Lipinski definition) is 3.